The van der Waals surface area contributed by atoms with Gasteiger partial charge >= 0.3 is 4.87 Å². The van der Waals surface area contributed by atoms with Crippen LogP contribution in [0.25, 0.3) is 6.08 Å². The van der Waals surface area contributed by atoms with Gasteiger partial charge in [0, 0.05) is 10.9 Å². The van der Waals surface area contributed by atoms with Gasteiger partial charge in [0.2, 0.25) is 17.7 Å². The maximum atomic E-state index is 13.2. The van der Waals surface area contributed by atoms with Crippen LogP contribution in [0.3, 0.4) is 0 Å². The smallest absolute Gasteiger partial charge is 0.305 e. The number of amides is 3. The molecule has 158 valence electrons. The number of carbonyl (C=O) groups is 3. The number of benzene rings is 1. The second-order valence-corrected chi connectivity index (χ2v) is 10.8. The summed E-state index contributed by atoms with van der Waals surface area (Å²) in [5, 5.41) is 3.74. The van der Waals surface area contributed by atoms with Gasteiger partial charge in [-0.3, -0.25) is 24.1 Å². The Hall–Kier alpha value is -2.65. The normalized spacial score (nSPS) is 30.2. The van der Waals surface area contributed by atoms with E-state index in [2.05, 4.69) is 10.3 Å². The van der Waals surface area contributed by atoms with Crippen LogP contribution in [-0.4, -0.2) is 39.4 Å². The number of nitrogens with zero attached hydrogens (tertiary/aromatic N) is 1. The summed E-state index contributed by atoms with van der Waals surface area (Å²) in [6.45, 7) is 1.71. The van der Waals surface area contributed by atoms with Crippen LogP contribution in [0, 0.1) is 30.6 Å². The third-order valence-electron chi connectivity index (χ3n) is 6.88. The molecule has 0 radical (unpaired) electrons. The monoisotopic (exact) mass is 453 g/mol. The number of aromatic nitrogens is 1. The highest BCUT2D eigenvalue weighted by Gasteiger charge is 2.66. The average Bonchev–Trinajstić information content (AvgIpc) is 3.45. The second-order valence-electron chi connectivity index (χ2n) is 8.63. The standard InChI is InChI=1S/C22H19N3O4S2/c1-9-2-4-10(5-3-9)23-15(26)8-25-20(27)16-11-6-13(17(16)21(25)28)18-12(11)7-14-19(31-18)24-22(29)30-14/h2-5,7,11,13,16-18H,6,8H2,1H3,(H,23,26)(H,24,29)/t11-,13+,16+,17+,18-/m0/s1. The minimum Gasteiger partial charge on any atom is -0.325 e. The van der Waals surface area contributed by atoms with Gasteiger partial charge in [0.15, 0.2) is 0 Å². The van der Waals surface area contributed by atoms with Gasteiger partial charge in [-0.25, -0.2) is 0 Å². The Morgan fingerprint density at radius 1 is 1.16 bits per heavy atom. The number of carbonyl (C=O) groups excluding carboxylic acids is 3. The van der Waals surface area contributed by atoms with E-state index in [0.29, 0.717) is 5.69 Å². The number of rotatable bonds is 3. The lowest BCUT2D eigenvalue weighted by Gasteiger charge is -2.32. The molecule has 7 nitrogen and oxygen atoms in total. The molecular weight excluding hydrogens is 434 g/mol. The number of thiazole rings is 1. The Kier molecular flexibility index (Phi) is 4.10. The van der Waals surface area contributed by atoms with Crippen LogP contribution >= 0.6 is 23.1 Å². The number of thioether (sulfide) groups is 1. The van der Waals surface area contributed by atoms with Crippen molar-refractivity contribution in [1.29, 1.82) is 0 Å². The molecule has 31 heavy (non-hydrogen) atoms. The van der Waals surface area contributed by atoms with Crippen molar-refractivity contribution < 1.29 is 14.4 Å². The third kappa shape index (κ3) is 2.79. The fourth-order valence-corrected chi connectivity index (χ4v) is 8.06. The third-order valence-corrected chi connectivity index (χ3v) is 9.27. The molecule has 6 rings (SSSR count). The summed E-state index contributed by atoms with van der Waals surface area (Å²) in [4.78, 5) is 55.5. The lowest BCUT2D eigenvalue weighted by atomic mass is 9.77. The number of anilines is 1. The van der Waals surface area contributed by atoms with E-state index in [0.717, 1.165) is 26.8 Å². The fourth-order valence-electron chi connectivity index (χ4n) is 5.62. The Labute approximate surface area is 185 Å². The summed E-state index contributed by atoms with van der Waals surface area (Å²) in [7, 11) is 0. The summed E-state index contributed by atoms with van der Waals surface area (Å²) in [6.07, 6.45) is 2.86. The predicted molar refractivity (Wildman–Crippen MR) is 118 cm³/mol. The Bertz CT molecular complexity index is 1230. The number of likely N-dealkylation sites (tertiary alicyclic amines) is 1. The molecule has 2 aliphatic carbocycles. The van der Waals surface area contributed by atoms with Crippen LogP contribution in [0.2, 0.25) is 0 Å². The van der Waals surface area contributed by atoms with Gasteiger partial charge in [0.1, 0.15) is 6.54 Å². The number of imide groups is 1. The molecule has 3 amide bonds. The molecule has 2 aliphatic heterocycles. The maximum Gasteiger partial charge on any atom is 0.305 e. The zero-order valence-electron chi connectivity index (χ0n) is 16.6. The second kappa shape index (κ2) is 6.67. The predicted octanol–water partition coefficient (Wildman–Crippen LogP) is 2.49. The van der Waals surface area contributed by atoms with Crippen molar-refractivity contribution in [2.24, 2.45) is 23.7 Å². The van der Waals surface area contributed by atoms with Gasteiger partial charge in [-0.2, -0.15) is 0 Å². The number of aryl methyl sites for hydroxylation is 1. The molecule has 2 aromatic rings. The van der Waals surface area contributed by atoms with Crippen LogP contribution in [0.4, 0.5) is 5.69 Å². The Morgan fingerprint density at radius 3 is 2.68 bits per heavy atom. The molecule has 1 aromatic heterocycles. The van der Waals surface area contributed by atoms with E-state index in [1.807, 2.05) is 25.1 Å². The molecule has 2 bridgehead atoms. The number of H-pyrrole nitrogens is 1. The van der Waals surface area contributed by atoms with Crippen molar-refractivity contribution in [1.82, 2.24) is 9.88 Å². The van der Waals surface area contributed by atoms with Crippen molar-refractivity contribution in [2.75, 3.05) is 11.9 Å². The molecule has 9 heteroatoms. The molecule has 3 heterocycles. The van der Waals surface area contributed by atoms with E-state index < -0.39 is 0 Å². The molecule has 5 atom stereocenters. The number of hydrogen-bond donors (Lipinski definition) is 2. The molecule has 0 unspecified atom stereocenters. The molecule has 1 saturated heterocycles. The lowest BCUT2D eigenvalue weighted by Crippen LogP contribution is -2.39. The first kappa shape index (κ1) is 19.1. The molecule has 3 fully saturated rings. The molecule has 0 spiro atoms. The number of aromatic amines is 1. The van der Waals surface area contributed by atoms with E-state index in [1.165, 1.54) is 16.9 Å². The van der Waals surface area contributed by atoms with E-state index in [4.69, 9.17) is 0 Å². The topological polar surface area (TPSA) is 99.3 Å². The summed E-state index contributed by atoms with van der Waals surface area (Å²) in [6, 6.07) is 7.38. The van der Waals surface area contributed by atoms with E-state index in [9.17, 15) is 19.2 Å². The van der Waals surface area contributed by atoms with Crippen LogP contribution in [0.15, 0.2) is 39.7 Å². The first-order valence-corrected chi connectivity index (χ1v) is 11.9. The van der Waals surface area contributed by atoms with Gasteiger partial charge in [-0.05, 0) is 43.4 Å². The van der Waals surface area contributed by atoms with Gasteiger partial charge in [-0.1, -0.05) is 46.4 Å². The molecule has 4 aliphatic rings. The van der Waals surface area contributed by atoms with Crippen molar-refractivity contribution in [3.8, 4) is 0 Å². The molecule has 1 aromatic carbocycles. The number of nitrogens with one attached hydrogen (secondary N) is 2. The molecular formula is C22H19N3O4S2. The van der Waals surface area contributed by atoms with Crippen molar-refractivity contribution in [3.05, 3.63) is 49.9 Å². The van der Waals surface area contributed by atoms with Crippen molar-refractivity contribution in [2.45, 2.75) is 23.6 Å². The van der Waals surface area contributed by atoms with Crippen LogP contribution in [0.5, 0.6) is 0 Å². The quantitative estimate of drug-likeness (QED) is 0.696. The maximum absolute atomic E-state index is 13.2. The molecule has 2 saturated carbocycles. The summed E-state index contributed by atoms with van der Waals surface area (Å²) < 4.78 is 0. The number of hydrogen-bond acceptors (Lipinski definition) is 6. The van der Waals surface area contributed by atoms with Gasteiger partial charge in [0.05, 0.1) is 21.7 Å². The largest absolute Gasteiger partial charge is 0.325 e. The van der Waals surface area contributed by atoms with E-state index in [-0.39, 0.29) is 58.1 Å². The van der Waals surface area contributed by atoms with Crippen LogP contribution in [-0.2, 0) is 14.4 Å². The first-order chi connectivity index (χ1) is 14.9. The van der Waals surface area contributed by atoms with Gasteiger partial charge in [0.25, 0.3) is 0 Å². The van der Waals surface area contributed by atoms with Crippen molar-refractivity contribution >= 4 is 52.6 Å². The highest BCUT2D eigenvalue weighted by atomic mass is 32.2. The molecule has 2 N–H and O–H groups in total. The highest BCUT2D eigenvalue weighted by molar-refractivity contribution is 8.00. The fraction of sp³-hybridized carbons (Fsp3) is 0.364. The Morgan fingerprint density at radius 2 is 1.90 bits per heavy atom. The zero-order chi connectivity index (χ0) is 21.4. The minimum absolute atomic E-state index is 0.0134. The van der Waals surface area contributed by atoms with Gasteiger partial charge in [-0.15, -0.1) is 0 Å². The van der Waals surface area contributed by atoms with Gasteiger partial charge < -0.3 is 10.3 Å². The highest BCUT2D eigenvalue weighted by Crippen LogP contribution is 2.64. The first-order valence-electron chi connectivity index (χ1n) is 10.2. The minimum atomic E-state index is -0.384. The SMILES string of the molecule is Cc1ccc(NC(=O)CN2C(=O)[C@@H]3[C@H]4C[C@@H](C5=Cc6sc(=O)[nH]c6S[C@@H]54)[C@H]3C2=O)cc1. The van der Waals surface area contributed by atoms with Crippen LogP contribution < -0.4 is 10.2 Å². The zero-order valence-corrected chi connectivity index (χ0v) is 18.2. The van der Waals surface area contributed by atoms with E-state index >= 15 is 0 Å². The Balaban J connectivity index is 1.23. The summed E-state index contributed by atoms with van der Waals surface area (Å²) in [5.41, 5.74) is 2.90. The average molecular weight is 454 g/mol. The van der Waals surface area contributed by atoms with Crippen molar-refractivity contribution in [3.63, 3.8) is 0 Å². The summed E-state index contributed by atoms with van der Waals surface area (Å²) >= 11 is 2.79. The van der Waals surface area contributed by atoms with Crippen LogP contribution in [0.1, 0.15) is 16.9 Å². The summed E-state index contributed by atoms with van der Waals surface area (Å²) in [5.74, 6) is -1.52. The van der Waals surface area contributed by atoms with E-state index in [1.54, 1.807) is 23.9 Å². The number of fused-ring (bicyclic) bond motifs is 9. The lowest BCUT2D eigenvalue weighted by molar-refractivity contribution is -0.143.